The summed E-state index contributed by atoms with van der Waals surface area (Å²) in [6.07, 6.45) is 3.43. The molecular weight excluding hydrogens is 370 g/mol. The number of carbonyl (C=O) groups excluding carboxylic acids is 1. The average molecular weight is 393 g/mol. The van der Waals surface area contributed by atoms with E-state index in [1.807, 2.05) is 58.6 Å². The highest BCUT2D eigenvalue weighted by Crippen LogP contribution is 2.35. The van der Waals surface area contributed by atoms with Crippen LogP contribution in [0.15, 0.2) is 42.6 Å². The van der Waals surface area contributed by atoms with Crippen LogP contribution in [0, 0.1) is 0 Å². The average Bonchev–Trinajstić information content (AvgIpc) is 3.32. The summed E-state index contributed by atoms with van der Waals surface area (Å²) < 4.78 is 14.7. The minimum atomic E-state index is -0.140. The number of nitrogens with one attached hydrogen (secondary N) is 1. The molecule has 0 spiro atoms. The van der Waals surface area contributed by atoms with Crippen molar-refractivity contribution in [2.24, 2.45) is 7.05 Å². The molecule has 0 fully saturated rings. The van der Waals surface area contributed by atoms with Gasteiger partial charge in [-0.1, -0.05) is 6.07 Å². The molecule has 1 N–H and O–H groups in total. The smallest absolute Gasteiger partial charge is 0.267 e. The van der Waals surface area contributed by atoms with Gasteiger partial charge in [0.2, 0.25) is 0 Å². The summed E-state index contributed by atoms with van der Waals surface area (Å²) in [5.74, 6) is 2.14. The van der Waals surface area contributed by atoms with Gasteiger partial charge in [-0.25, -0.2) is 0 Å². The van der Waals surface area contributed by atoms with Crippen molar-refractivity contribution in [3.63, 3.8) is 0 Å². The first-order valence-electron chi connectivity index (χ1n) is 9.41. The van der Waals surface area contributed by atoms with Crippen molar-refractivity contribution >= 4 is 22.5 Å². The van der Waals surface area contributed by atoms with Crippen molar-refractivity contribution in [2.75, 3.05) is 20.8 Å². The molecule has 4 rings (SSSR count). The molecule has 150 valence electrons. The Labute approximate surface area is 168 Å². The highest BCUT2D eigenvalue weighted by molar-refractivity contribution is 6.02. The molecule has 0 aliphatic rings. The van der Waals surface area contributed by atoms with Crippen molar-refractivity contribution < 1.29 is 14.3 Å². The third kappa shape index (κ3) is 3.37. The van der Waals surface area contributed by atoms with Crippen LogP contribution in [-0.2, 0) is 13.5 Å². The van der Waals surface area contributed by atoms with Gasteiger partial charge in [-0.3, -0.25) is 9.20 Å². The fourth-order valence-corrected chi connectivity index (χ4v) is 3.57. The maximum atomic E-state index is 12.8. The van der Waals surface area contributed by atoms with Crippen LogP contribution in [0.2, 0.25) is 0 Å². The third-order valence-electron chi connectivity index (χ3n) is 5.04. The fourth-order valence-electron chi connectivity index (χ4n) is 3.57. The molecule has 8 nitrogen and oxygen atoms in total. The van der Waals surface area contributed by atoms with Gasteiger partial charge < -0.3 is 19.4 Å². The fraction of sp³-hybridized carbons (Fsp3) is 0.286. The number of hydrogen-bond donors (Lipinski definition) is 1. The second-order valence-corrected chi connectivity index (χ2v) is 6.73. The van der Waals surface area contributed by atoms with E-state index in [9.17, 15) is 4.79 Å². The van der Waals surface area contributed by atoms with Crippen LogP contribution in [0.5, 0.6) is 11.5 Å². The minimum absolute atomic E-state index is 0.140. The summed E-state index contributed by atoms with van der Waals surface area (Å²) in [6, 6.07) is 11.3. The minimum Gasteiger partial charge on any atom is -0.496 e. The van der Waals surface area contributed by atoms with Gasteiger partial charge in [0.25, 0.3) is 5.91 Å². The number of nitrogens with zero attached hydrogens (tertiary/aromatic N) is 4. The van der Waals surface area contributed by atoms with Crippen LogP contribution in [0.1, 0.15) is 22.7 Å². The molecule has 8 heteroatoms. The van der Waals surface area contributed by atoms with Gasteiger partial charge in [0.05, 0.1) is 19.7 Å². The molecule has 29 heavy (non-hydrogen) atoms. The summed E-state index contributed by atoms with van der Waals surface area (Å²) in [5, 5.41) is 12.2. The van der Waals surface area contributed by atoms with Crippen LogP contribution < -0.4 is 14.8 Å². The molecule has 0 bridgehead atoms. The zero-order valence-corrected chi connectivity index (χ0v) is 16.7. The van der Waals surface area contributed by atoms with Crippen LogP contribution >= 0.6 is 0 Å². The predicted molar refractivity (Wildman–Crippen MR) is 110 cm³/mol. The van der Waals surface area contributed by atoms with E-state index < -0.39 is 0 Å². The summed E-state index contributed by atoms with van der Waals surface area (Å²) >= 11 is 0. The van der Waals surface area contributed by atoms with Gasteiger partial charge in [-0.15, -0.1) is 10.2 Å². The molecule has 0 radical (unpaired) electrons. The second kappa shape index (κ2) is 7.83. The number of ether oxygens (including phenoxy) is 2. The van der Waals surface area contributed by atoms with E-state index in [2.05, 4.69) is 15.5 Å². The summed E-state index contributed by atoms with van der Waals surface area (Å²) in [4.78, 5) is 12.8. The topological polar surface area (TPSA) is 82.7 Å². The van der Waals surface area contributed by atoms with Crippen LogP contribution in [0.25, 0.3) is 16.6 Å². The number of amides is 1. The third-order valence-corrected chi connectivity index (χ3v) is 5.04. The van der Waals surface area contributed by atoms with Gasteiger partial charge in [0, 0.05) is 31.6 Å². The van der Waals surface area contributed by atoms with Crippen LogP contribution in [0.4, 0.5) is 0 Å². The molecule has 0 saturated carbocycles. The SMILES string of the molecule is COc1ccc(OC)c2c1cc(C(=O)NCCCc1nnc3ccccn13)n2C. The Morgan fingerprint density at radius 1 is 1.10 bits per heavy atom. The highest BCUT2D eigenvalue weighted by Gasteiger charge is 2.18. The normalized spacial score (nSPS) is 11.1. The largest absolute Gasteiger partial charge is 0.496 e. The lowest BCUT2D eigenvalue weighted by molar-refractivity contribution is 0.0945. The first-order valence-corrected chi connectivity index (χ1v) is 9.41. The number of aromatic nitrogens is 4. The Kier molecular flexibility index (Phi) is 5.07. The van der Waals surface area contributed by atoms with Crippen molar-refractivity contribution in [2.45, 2.75) is 12.8 Å². The zero-order valence-electron chi connectivity index (χ0n) is 16.7. The zero-order chi connectivity index (χ0) is 20.4. The Morgan fingerprint density at radius 3 is 2.69 bits per heavy atom. The number of rotatable bonds is 7. The van der Waals surface area contributed by atoms with Gasteiger partial charge in [0.1, 0.15) is 23.0 Å². The quantitative estimate of drug-likeness (QED) is 0.488. The van der Waals surface area contributed by atoms with Gasteiger partial charge in [0.15, 0.2) is 5.65 Å². The first-order chi connectivity index (χ1) is 14.1. The highest BCUT2D eigenvalue weighted by atomic mass is 16.5. The molecule has 0 atom stereocenters. The van der Waals surface area contributed by atoms with Crippen LogP contribution in [0.3, 0.4) is 0 Å². The molecule has 4 aromatic rings. The van der Waals surface area contributed by atoms with Crippen molar-refractivity contribution in [3.8, 4) is 11.5 Å². The predicted octanol–water partition coefficient (Wildman–Crippen LogP) is 2.60. The van der Waals surface area contributed by atoms with E-state index in [1.165, 1.54) is 0 Å². The van der Waals surface area contributed by atoms with Gasteiger partial charge >= 0.3 is 0 Å². The van der Waals surface area contributed by atoms with E-state index in [0.29, 0.717) is 23.7 Å². The number of aryl methyl sites for hydroxylation is 2. The lowest BCUT2D eigenvalue weighted by Gasteiger charge is -2.09. The molecular formula is C21H23N5O3. The van der Waals surface area contributed by atoms with E-state index in [4.69, 9.17) is 9.47 Å². The van der Waals surface area contributed by atoms with Crippen molar-refractivity contribution in [3.05, 3.63) is 54.1 Å². The van der Waals surface area contributed by atoms with E-state index in [-0.39, 0.29) is 5.91 Å². The lowest BCUT2D eigenvalue weighted by atomic mass is 10.2. The number of benzene rings is 1. The number of carbonyl (C=O) groups is 1. The molecule has 0 unspecified atom stereocenters. The van der Waals surface area contributed by atoms with E-state index in [0.717, 1.165) is 35.2 Å². The second-order valence-electron chi connectivity index (χ2n) is 6.73. The lowest BCUT2D eigenvalue weighted by Crippen LogP contribution is -2.26. The molecule has 0 aliphatic heterocycles. The molecule has 3 aromatic heterocycles. The Morgan fingerprint density at radius 2 is 1.90 bits per heavy atom. The van der Waals surface area contributed by atoms with Gasteiger partial charge in [-0.2, -0.15) is 0 Å². The molecule has 1 aromatic carbocycles. The number of pyridine rings is 1. The van der Waals surface area contributed by atoms with Crippen molar-refractivity contribution in [1.29, 1.82) is 0 Å². The maximum absolute atomic E-state index is 12.8. The Balaban J connectivity index is 1.46. The maximum Gasteiger partial charge on any atom is 0.267 e. The monoisotopic (exact) mass is 393 g/mol. The summed E-state index contributed by atoms with van der Waals surface area (Å²) in [5.41, 5.74) is 2.20. The number of fused-ring (bicyclic) bond motifs is 2. The summed E-state index contributed by atoms with van der Waals surface area (Å²) in [6.45, 7) is 0.538. The van der Waals surface area contributed by atoms with Crippen molar-refractivity contribution in [1.82, 2.24) is 24.5 Å². The standard InChI is InChI=1S/C21H23N5O3/c1-25-15(13-14-16(28-2)9-10-17(29-3)20(14)25)21(27)22-11-6-8-19-24-23-18-7-4-5-12-26(18)19/h4-5,7,9-10,12-13H,6,8,11H2,1-3H3,(H,22,27). The van der Waals surface area contributed by atoms with E-state index >= 15 is 0 Å². The number of hydrogen-bond acceptors (Lipinski definition) is 5. The summed E-state index contributed by atoms with van der Waals surface area (Å²) in [7, 11) is 5.08. The van der Waals surface area contributed by atoms with Crippen LogP contribution in [-0.4, -0.2) is 45.8 Å². The molecule has 3 heterocycles. The molecule has 1 amide bonds. The molecule has 0 aliphatic carbocycles. The Hall–Kier alpha value is -3.55. The molecule has 0 saturated heterocycles. The number of methoxy groups -OCH3 is 2. The van der Waals surface area contributed by atoms with E-state index in [1.54, 1.807) is 14.2 Å². The Bertz CT molecular complexity index is 1180. The first kappa shape index (κ1) is 18.8. The van der Waals surface area contributed by atoms with Gasteiger partial charge in [-0.05, 0) is 36.8 Å².